The largest absolute Gasteiger partial charge is 0.497 e. The van der Waals surface area contributed by atoms with Gasteiger partial charge in [-0.1, -0.05) is 0 Å². The lowest BCUT2D eigenvalue weighted by atomic mass is 10.0. The summed E-state index contributed by atoms with van der Waals surface area (Å²) in [6.45, 7) is 3.82. The maximum Gasteiger partial charge on any atom is 0.255 e. The maximum atomic E-state index is 12.4. The second kappa shape index (κ2) is 6.70. The van der Waals surface area contributed by atoms with Crippen LogP contribution in [0.1, 0.15) is 24.2 Å². The molecule has 0 unspecified atom stereocenters. The van der Waals surface area contributed by atoms with E-state index in [1.165, 1.54) is 11.3 Å². The fourth-order valence-corrected chi connectivity index (χ4v) is 2.97. The van der Waals surface area contributed by atoms with Gasteiger partial charge in [0.25, 0.3) is 5.91 Å². The molecule has 2 aromatic rings. The molecule has 2 rings (SSSR count). The van der Waals surface area contributed by atoms with Gasteiger partial charge < -0.3 is 20.5 Å². The number of carbonyl (C=O) groups excluding carboxylic acids is 1. The van der Waals surface area contributed by atoms with Crippen molar-refractivity contribution in [3.05, 3.63) is 29.1 Å². The molecule has 5 nitrogen and oxygen atoms in total. The van der Waals surface area contributed by atoms with Crippen molar-refractivity contribution in [2.75, 3.05) is 20.0 Å². The van der Waals surface area contributed by atoms with Gasteiger partial charge in [0.1, 0.15) is 11.5 Å². The highest BCUT2D eigenvalue weighted by atomic mass is 32.1. The number of anilines is 1. The highest BCUT2D eigenvalue weighted by Crippen LogP contribution is 2.40. The van der Waals surface area contributed by atoms with Crippen molar-refractivity contribution in [2.45, 2.75) is 19.9 Å². The number of nitrogens with one attached hydrogen (secondary N) is 1. The van der Waals surface area contributed by atoms with E-state index in [2.05, 4.69) is 5.32 Å². The Balaban J connectivity index is 2.56. The zero-order valence-corrected chi connectivity index (χ0v) is 13.9. The summed E-state index contributed by atoms with van der Waals surface area (Å²) in [6, 6.07) is 5.50. The van der Waals surface area contributed by atoms with Crippen LogP contribution < -0.4 is 20.5 Å². The molecule has 1 aromatic heterocycles. The van der Waals surface area contributed by atoms with E-state index in [4.69, 9.17) is 15.2 Å². The number of hydrogen-bond donors (Lipinski definition) is 2. The highest BCUT2D eigenvalue weighted by Gasteiger charge is 2.21. The van der Waals surface area contributed by atoms with Crippen LogP contribution in [0.5, 0.6) is 11.5 Å². The molecule has 0 saturated heterocycles. The fraction of sp³-hybridized carbons (Fsp3) is 0.312. The number of carbonyl (C=O) groups is 1. The van der Waals surface area contributed by atoms with Crippen molar-refractivity contribution in [2.24, 2.45) is 0 Å². The minimum absolute atomic E-state index is 0.0341. The monoisotopic (exact) mass is 320 g/mol. The number of thiophene rings is 1. The first-order valence-electron chi connectivity index (χ1n) is 6.88. The molecule has 0 spiro atoms. The number of ether oxygens (including phenoxy) is 2. The minimum Gasteiger partial charge on any atom is -0.497 e. The third kappa shape index (κ3) is 3.17. The van der Waals surface area contributed by atoms with Gasteiger partial charge in [-0.3, -0.25) is 4.79 Å². The minimum atomic E-state index is -0.186. The number of nitrogens with two attached hydrogens (primary N) is 1. The van der Waals surface area contributed by atoms with E-state index < -0.39 is 0 Å². The Morgan fingerprint density at radius 2 is 1.95 bits per heavy atom. The van der Waals surface area contributed by atoms with Crippen molar-refractivity contribution in [3.63, 3.8) is 0 Å². The fourth-order valence-electron chi connectivity index (χ4n) is 2.16. The molecule has 0 aliphatic carbocycles. The summed E-state index contributed by atoms with van der Waals surface area (Å²) in [6.07, 6.45) is 0. The van der Waals surface area contributed by atoms with E-state index in [9.17, 15) is 4.79 Å². The van der Waals surface area contributed by atoms with Crippen LogP contribution in [0.25, 0.3) is 11.1 Å². The summed E-state index contributed by atoms with van der Waals surface area (Å²) >= 11 is 1.33. The Hall–Kier alpha value is -2.21. The second-order valence-corrected chi connectivity index (χ2v) is 5.99. The summed E-state index contributed by atoms with van der Waals surface area (Å²) in [5.41, 5.74) is 8.01. The molecule has 0 fully saturated rings. The van der Waals surface area contributed by atoms with Gasteiger partial charge in [-0.2, -0.15) is 0 Å². The van der Waals surface area contributed by atoms with E-state index >= 15 is 0 Å². The summed E-state index contributed by atoms with van der Waals surface area (Å²) in [5, 5.41) is 5.23. The smallest absolute Gasteiger partial charge is 0.255 e. The molecule has 0 atom stereocenters. The number of benzene rings is 1. The van der Waals surface area contributed by atoms with E-state index in [-0.39, 0.29) is 11.9 Å². The molecule has 1 amide bonds. The lowest BCUT2D eigenvalue weighted by molar-refractivity contribution is 0.0945. The predicted octanol–water partition coefficient (Wildman–Crippen LogP) is 3.15. The quantitative estimate of drug-likeness (QED) is 0.887. The van der Waals surface area contributed by atoms with Gasteiger partial charge >= 0.3 is 0 Å². The molecule has 0 aliphatic heterocycles. The zero-order chi connectivity index (χ0) is 16.3. The molecule has 3 N–H and O–H groups in total. The average molecular weight is 320 g/mol. The van der Waals surface area contributed by atoms with Crippen LogP contribution >= 0.6 is 11.3 Å². The normalized spacial score (nSPS) is 10.6. The van der Waals surface area contributed by atoms with Crippen LogP contribution in [0, 0.1) is 0 Å². The Morgan fingerprint density at radius 1 is 1.23 bits per heavy atom. The first-order chi connectivity index (χ1) is 10.5. The molecule has 1 aromatic carbocycles. The van der Waals surface area contributed by atoms with Gasteiger partial charge in [-0.05, 0) is 32.0 Å². The molecule has 22 heavy (non-hydrogen) atoms. The number of amides is 1. The van der Waals surface area contributed by atoms with Crippen LogP contribution in [0.2, 0.25) is 0 Å². The standard InChI is InChI=1S/C16H20N2O3S/c1-9(2)18-16(19)14-12(8-22-15(14)17)11-7-10(20-3)5-6-13(11)21-4/h5-9H,17H2,1-4H3,(H,18,19). The molecule has 0 aliphatic rings. The Morgan fingerprint density at radius 3 is 2.55 bits per heavy atom. The van der Waals surface area contributed by atoms with Crippen LogP contribution in [0.4, 0.5) is 5.00 Å². The molecular weight excluding hydrogens is 300 g/mol. The lowest BCUT2D eigenvalue weighted by Crippen LogP contribution is -2.30. The van der Waals surface area contributed by atoms with Gasteiger partial charge in [0, 0.05) is 22.5 Å². The second-order valence-electron chi connectivity index (χ2n) is 5.08. The molecule has 0 bridgehead atoms. The molecular formula is C16H20N2O3S. The van der Waals surface area contributed by atoms with Crippen molar-refractivity contribution >= 4 is 22.2 Å². The lowest BCUT2D eigenvalue weighted by Gasteiger charge is -2.13. The van der Waals surface area contributed by atoms with Crippen LogP contribution in [-0.4, -0.2) is 26.2 Å². The summed E-state index contributed by atoms with van der Waals surface area (Å²) in [5.74, 6) is 1.17. The Labute approximate surface area is 134 Å². The molecule has 1 heterocycles. The molecule has 0 saturated carbocycles. The highest BCUT2D eigenvalue weighted by molar-refractivity contribution is 7.15. The number of hydrogen-bond acceptors (Lipinski definition) is 5. The molecule has 118 valence electrons. The van der Waals surface area contributed by atoms with Gasteiger partial charge in [-0.15, -0.1) is 11.3 Å². The molecule has 0 radical (unpaired) electrons. The van der Waals surface area contributed by atoms with Crippen LogP contribution in [0.3, 0.4) is 0 Å². The van der Waals surface area contributed by atoms with Gasteiger partial charge in [-0.25, -0.2) is 0 Å². The van der Waals surface area contributed by atoms with Gasteiger partial charge in [0.05, 0.1) is 24.8 Å². The first-order valence-corrected chi connectivity index (χ1v) is 7.76. The van der Waals surface area contributed by atoms with E-state index in [0.29, 0.717) is 22.1 Å². The summed E-state index contributed by atoms with van der Waals surface area (Å²) in [4.78, 5) is 12.4. The van der Waals surface area contributed by atoms with Crippen molar-refractivity contribution in [1.29, 1.82) is 0 Å². The van der Waals surface area contributed by atoms with E-state index in [1.54, 1.807) is 14.2 Å². The van der Waals surface area contributed by atoms with Crippen LogP contribution in [0.15, 0.2) is 23.6 Å². The van der Waals surface area contributed by atoms with Crippen molar-refractivity contribution in [1.82, 2.24) is 5.32 Å². The average Bonchev–Trinajstić information content (AvgIpc) is 2.87. The number of rotatable bonds is 5. The Bertz CT molecular complexity index is 680. The van der Waals surface area contributed by atoms with E-state index in [0.717, 1.165) is 11.1 Å². The zero-order valence-electron chi connectivity index (χ0n) is 13.1. The number of methoxy groups -OCH3 is 2. The van der Waals surface area contributed by atoms with Gasteiger partial charge in [0.15, 0.2) is 0 Å². The predicted molar refractivity (Wildman–Crippen MR) is 89.9 cm³/mol. The molecule has 6 heteroatoms. The van der Waals surface area contributed by atoms with Crippen molar-refractivity contribution in [3.8, 4) is 22.6 Å². The maximum absolute atomic E-state index is 12.4. The third-order valence-electron chi connectivity index (χ3n) is 3.16. The summed E-state index contributed by atoms with van der Waals surface area (Å²) < 4.78 is 10.7. The summed E-state index contributed by atoms with van der Waals surface area (Å²) in [7, 11) is 3.19. The SMILES string of the molecule is COc1ccc(OC)c(-c2csc(N)c2C(=O)NC(C)C)c1. The number of nitrogen functional groups attached to an aromatic ring is 1. The topological polar surface area (TPSA) is 73.6 Å². The van der Waals surface area contributed by atoms with E-state index in [1.807, 2.05) is 37.4 Å². The van der Waals surface area contributed by atoms with Gasteiger partial charge in [0.2, 0.25) is 0 Å². The van der Waals surface area contributed by atoms with Crippen molar-refractivity contribution < 1.29 is 14.3 Å². The first kappa shape index (κ1) is 16.2. The third-order valence-corrected chi connectivity index (χ3v) is 3.97. The van der Waals surface area contributed by atoms with Crippen LogP contribution in [-0.2, 0) is 0 Å². The Kier molecular flexibility index (Phi) is 4.92.